The van der Waals surface area contributed by atoms with Gasteiger partial charge in [-0.1, -0.05) is 116 Å². The summed E-state index contributed by atoms with van der Waals surface area (Å²) in [6, 6.07) is 41.9. The first-order chi connectivity index (χ1) is 30.0. The Labute approximate surface area is 358 Å². The lowest BCUT2D eigenvalue weighted by molar-refractivity contribution is 1.06. The van der Waals surface area contributed by atoms with E-state index in [0.717, 1.165) is 51.1 Å². The highest BCUT2D eigenvalue weighted by molar-refractivity contribution is 6.12. The summed E-state index contributed by atoms with van der Waals surface area (Å²) in [4.78, 5) is 11.9. The number of hydrogen-bond donors (Lipinski definition) is 0. The average Bonchev–Trinajstić information content (AvgIpc) is 3.80. The molecule has 1 aliphatic rings. The van der Waals surface area contributed by atoms with Gasteiger partial charge in [-0.15, -0.1) is 0 Å². The third-order valence-electron chi connectivity index (χ3n) is 10.9. The van der Waals surface area contributed by atoms with Crippen molar-refractivity contribution in [3.63, 3.8) is 0 Å². The Balaban J connectivity index is 1.28. The number of hydrogen-bond acceptors (Lipinski definition) is 3. The highest BCUT2D eigenvalue weighted by Crippen LogP contribution is 2.40. The second-order valence-electron chi connectivity index (χ2n) is 14.9. The molecule has 0 radical (unpaired) electrons. The summed E-state index contributed by atoms with van der Waals surface area (Å²) >= 11 is 0. The van der Waals surface area contributed by atoms with E-state index in [-0.39, 0.29) is 0 Å². The number of para-hydroxylation sites is 1. The number of benzene rings is 5. The van der Waals surface area contributed by atoms with Crippen molar-refractivity contribution in [2.75, 3.05) is 0 Å². The predicted octanol–water partition coefficient (Wildman–Crippen LogP) is 14.5. The number of aromatic nitrogens is 2. The van der Waals surface area contributed by atoms with Gasteiger partial charge in [-0.05, 0) is 138 Å². The van der Waals surface area contributed by atoms with Gasteiger partial charge in [0.2, 0.25) is 0 Å². The zero-order valence-corrected chi connectivity index (χ0v) is 34.5. The van der Waals surface area contributed by atoms with Gasteiger partial charge in [-0.25, -0.2) is 0 Å². The summed E-state index contributed by atoms with van der Waals surface area (Å²) in [5.41, 5.74) is 16.0. The Kier molecular flexibility index (Phi) is 12.0. The summed E-state index contributed by atoms with van der Waals surface area (Å²) in [6.07, 6.45) is 27.0. The molecule has 0 spiro atoms. The van der Waals surface area contributed by atoms with Crippen LogP contribution in [-0.4, -0.2) is 28.8 Å². The molecule has 0 unspecified atom stereocenters. The Bertz CT molecular complexity index is 3090. The van der Waals surface area contributed by atoms with Crippen LogP contribution in [0.3, 0.4) is 0 Å². The van der Waals surface area contributed by atoms with Crippen molar-refractivity contribution >= 4 is 64.1 Å². The van der Waals surface area contributed by atoms with Crippen LogP contribution in [0.25, 0.3) is 72.4 Å². The monoisotopic (exact) mass is 789 g/mol. The molecule has 0 amide bonds. The maximum atomic E-state index is 4.26. The predicted molar refractivity (Wildman–Crippen MR) is 265 cm³/mol. The maximum absolute atomic E-state index is 4.26. The number of aliphatic imine (C=N–C) groups is 3. The minimum absolute atomic E-state index is 0.645. The summed E-state index contributed by atoms with van der Waals surface area (Å²) in [5, 5.41) is 3.60. The topological polar surface area (TPSA) is 46.9 Å². The summed E-state index contributed by atoms with van der Waals surface area (Å²) in [6.45, 7) is 17.2. The molecule has 5 nitrogen and oxygen atoms in total. The largest absolute Gasteiger partial charge is 0.310 e. The van der Waals surface area contributed by atoms with Crippen LogP contribution in [0.2, 0.25) is 0 Å². The van der Waals surface area contributed by atoms with Crippen molar-refractivity contribution in [1.29, 1.82) is 0 Å². The molecule has 8 rings (SSSR count). The van der Waals surface area contributed by atoms with Crippen molar-refractivity contribution in [2.24, 2.45) is 15.0 Å². The van der Waals surface area contributed by atoms with Crippen molar-refractivity contribution in [1.82, 2.24) is 9.13 Å². The number of fused-ring (bicyclic) bond motifs is 6. The SMILES string of the molecule is C=CN=C/C=C/C(C)=C/C(=C\CC(=C)/C=C\N=C)n1c2ccccc2c2cc(-c3ccc4c5c(n(-c6cccc(-c7ccccc7)c6)c4c3)C=C/C(=C/C=C\N=C)C5)ccc21. The molecule has 1 aliphatic carbocycles. The van der Waals surface area contributed by atoms with Gasteiger partial charge in [-0.2, -0.15) is 0 Å². The Hall–Kier alpha value is -7.89. The molecule has 2 heterocycles. The van der Waals surface area contributed by atoms with E-state index in [0.29, 0.717) is 6.42 Å². The Morgan fingerprint density at radius 3 is 2.28 bits per heavy atom. The van der Waals surface area contributed by atoms with Gasteiger partial charge in [0.15, 0.2) is 0 Å². The molecule has 0 saturated carbocycles. The second kappa shape index (κ2) is 18.4. The van der Waals surface area contributed by atoms with Crippen molar-refractivity contribution in [3.8, 4) is 27.9 Å². The molecule has 0 N–H and O–H groups in total. The first-order valence-electron chi connectivity index (χ1n) is 20.3. The van der Waals surface area contributed by atoms with E-state index in [4.69, 9.17) is 0 Å². The number of rotatable bonds is 14. The highest BCUT2D eigenvalue weighted by atomic mass is 15.0. The van der Waals surface area contributed by atoms with Crippen LogP contribution in [0, 0.1) is 0 Å². The number of nitrogens with zero attached hydrogens (tertiary/aromatic N) is 5. The first-order valence-corrected chi connectivity index (χ1v) is 20.3. The summed E-state index contributed by atoms with van der Waals surface area (Å²) < 4.78 is 4.78. The van der Waals surface area contributed by atoms with Gasteiger partial charge in [-0.3, -0.25) is 15.0 Å². The standard InChI is InChI=1S/C56H47N5/c1-6-59-33-13-15-41(3)35-48(27-23-40(2)31-34-58-5)60-53-22-11-10-21-49(53)52-38-45(26-30-55(52)60)46-25-28-50-51-36-42(16-14-32-57-4)24-29-54(51)61(56(50)39-46)47-20-12-19-44(37-47)43-17-8-7-9-18-43/h6-22,24-35,37-39H,1-2,4-5,23,36H2,3H3/b15-13+,32-14-,34-31-,41-35+,42-16-,48-27+,59-33?. The van der Waals surface area contributed by atoms with Crippen LogP contribution in [0.5, 0.6) is 0 Å². The van der Waals surface area contributed by atoms with Gasteiger partial charge in [0.05, 0.1) is 22.2 Å². The fraction of sp³-hybridized carbons (Fsp3) is 0.0536. The lowest BCUT2D eigenvalue weighted by Gasteiger charge is -2.15. The summed E-state index contributed by atoms with van der Waals surface area (Å²) in [5.74, 6) is 0. The van der Waals surface area contributed by atoms with Crippen LogP contribution in [0.15, 0.2) is 227 Å². The quantitative estimate of drug-likeness (QED) is 0.0778. The molecule has 7 aromatic rings. The fourth-order valence-electron chi connectivity index (χ4n) is 8.13. The molecule has 0 aliphatic heterocycles. The van der Waals surface area contributed by atoms with E-state index in [1.807, 2.05) is 18.2 Å². The molecular formula is C56H47N5. The van der Waals surface area contributed by atoms with E-state index in [9.17, 15) is 0 Å². The van der Waals surface area contributed by atoms with E-state index < -0.39 is 0 Å². The minimum Gasteiger partial charge on any atom is -0.310 e. The van der Waals surface area contributed by atoms with E-state index in [1.54, 1.807) is 18.6 Å². The zero-order chi connectivity index (χ0) is 42.1. The Morgan fingerprint density at radius 1 is 0.689 bits per heavy atom. The molecular weight excluding hydrogens is 743 g/mol. The molecule has 296 valence electrons. The first kappa shape index (κ1) is 39.9. The van der Waals surface area contributed by atoms with Crippen LogP contribution >= 0.6 is 0 Å². The van der Waals surface area contributed by atoms with Crippen molar-refractivity contribution in [2.45, 2.75) is 19.8 Å². The molecule has 0 fully saturated rings. The third-order valence-corrected chi connectivity index (χ3v) is 10.9. The lowest BCUT2D eigenvalue weighted by Crippen LogP contribution is -2.02. The highest BCUT2D eigenvalue weighted by Gasteiger charge is 2.22. The normalized spacial score (nSPS) is 14.1. The van der Waals surface area contributed by atoms with Gasteiger partial charge < -0.3 is 9.13 Å². The van der Waals surface area contributed by atoms with Crippen LogP contribution in [-0.2, 0) is 6.42 Å². The molecule has 0 atom stereocenters. The molecule has 5 aromatic carbocycles. The Morgan fingerprint density at radius 2 is 1.44 bits per heavy atom. The molecule has 0 saturated heterocycles. The van der Waals surface area contributed by atoms with Gasteiger partial charge in [0.25, 0.3) is 0 Å². The van der Waals surface area contributed by atoms with Crippen LogP contribution < -0.4 is 0 Å². The van der Waals surface area contributed by atoms with Crippen LogP contribution in [0.1, 0.15) is 24.6 Å². The van der Waals surface area contributed by atoms with E-state index >= 15 is 0 Å². The van der Waals surface area contributed by atoms with Crippen LogP contribution in [0.4, 0.5) is 0 Å². The molecule has 5 heteroatoms. The van der Waals surface area contributed by atoms with E-state index in [2.05, 4.69) is 209 Å². The molecule has 61 heavy (non-hydrogen) atoms. The minimum atomic E-state index is 0.645. The second-order valence-corrected chi connectivity index (χ2v) is 14.9. The zero-order valence-electron chi connectivity index (χ0n) is 34.5. The molecule has 0 bridgehead atoms. The van der Waals surface area contributed by atoms with Gasteiger partial charge in [0, 0.05) is 58.8 Å². The fourth-order valence-corrected chi connectivity index (χ4v) is 8.13. The number of allylic oxidation sites excluding steroid dienone is 12. The summed E-state index contributed by atoms with van der Waals surface area (Å²) in [7, 11) is 0. The van der Waals surface area contributed by atoms with Gasteiger partial charge in [0.1, 0.15) is 0 Å². The molecule has 2 aromatic heterocycles. The smallest absolute Gasteiger partial charge is 0.0543 e. The average molecular weight is 790 g/mol. The third kappa shape index (κ3) is 8.49. The van der Waals surface area contributed by atoms with Crippen molar-refractivity contribution in [3.05, 3.63) is 224 Å². The maximum Gasteiger partial charge on any atom is 0.0543 e. The lowest BCUT2D eigenvalue weighted by atomic mass is 9.95. The van der Waals surface area contributed by atoms with E-state index in [1.165, 1.54) is 55.8 Å². The van der Waals surface area contributed by atoms with Crippen molar-refractivity contribution < 1.29 is 0 Å². The van der Waals surface area contributed by atoms with Gasteiger partial charge >= 0.3 is 0 Å².